The van der Waals surface area contributed by atoms with Crippen molar-refractivity contribution in [1.82, 2.24) is 0 Å². The van der Waals surface area contributed by atoms with E-state index in [-0.39, 0.29) is 17.4 Å². The van der Waals surface area contributed by atoms with E-state index < -0.39 is 5.97 Å². The van der Waals surface area contributed by atoms with E-state index in [4.69, 9.17) is 5.11 Å². The highest BCUT2D eigenvalue weighted by atomic mass is 32.2. The van der Waals surface area contributed by atoms with Crippen LogP contribution in [0.2, 0.25) is 0 Å². The molecule has 0 aliphatic carbocycles. The van der Waals surface area contributed by atoms with Crippen molar-refractivity contribution in [3.63, 3.8) is 0 Å². The van der Waals surface area contributed by atoms with E-state index in [0.29, 0.717) is 0 Å². The zero-order chi connectivity index (χ0) is 13.5. The van der Waals surface area contributed by atoms with Crippen LogP contribution in [0.3, 0.4) is 0 Å². The van der Waals surface area contributed by atoms with Crippen molar-refractivity contribution in [1.29, 1.82) is 0 Å². The van der Waals surface area contributed by atoms with Crippen LogP contribution in [0.1, 0.15) is 18.1 Å². The van der Waals surface area contributed by atoms with Crippen LogP contribution in [-0.2, 0) is 16.0 Å². The average Bonchev–Trinajstić information content (AvgIpc) is 2.31. The molecule has 0 saturated carbocycles. The number of aliphatic carboxylic acids is 1. The molecule has 0 atom stereocenters. The molecule has 0 unspecified atom stereocenters. The number of anilines is 1. The highest BCUT2D eigenvalue weighted by Crippen LogP contribution is 2.21. The highest BCUT2D eigenvalue weighted by Gasteiger charge is 2.09. The van der Waals surface area contributed by atoms with Crippen LogP contribution < -0.4 is 5.32 Å². The first-order valence-corrected chi connectivity index (χ1v) is 6.88. The van der Waals surface area contributed by atoms with E-state index >= 15 is 0 Å². The SMILES string of the molecule is CCc1cccc(C)c1NC(=O)CSCC(=O)O. The van der Waals surface area contributed by atoms with E-state index in [1.165, 1.54) is 0 Å². The van der Waals surface area contributed by atoms with Gasteiger partial charge < -0.3 is 10.4 Å². The molecule has 0 aliphatic rings. The molecule has 1 amide bonds. The molecule has 0 radical (unpaired) electrons. The van der Waals surface area contributed by atoms with Gasteiger partial charge in [0.2, 0.25) is 5.91 Å². The molecule has 1 aromatic carbocycles. The van der Waals surface area contributed by atoms with Gasteiger partial charge in [-0.05, 0) is 24.5 Å². The molecular formula is C13H17NO3S. The number of carbonyl (C=O) groups is 2. The van der Waals surface area contributed by atoms with Crippen LogP contribution in [0.25, 0.3) is 0 Å². The number of carboxylic acid groups (broad SMARTS) is 1. The molecular weight excluding hydrogens is 250 g/mol. The van der Waals surface area contributed by atoms with Gasteiger partial charge in [-0.3, -0.25) is 9.59 Å². The van der Waals surface area contributed by atoms with Gasteiger partial charge in [-0.2, -0.15) is 0 Å². The summed E-state index contributed by atoms with van der Waals surface area (Å²) in [5, 5.41) is 11.3. The molecule has 0 aliphatic heterocycles. The molecule has 5 heteroatoms. The van der Waals surface area contributed by atoms with Crippen molar-refractivity contribution in [2.24, 2.45) is 0 Å². The van der Waals surface area contributed by atoms with Crippen molar-refractivity contribution in [2.75, 3.05) is 16.8 Å². The lowest BCUT2D eigenvalue weighted by molar-refractivity contribution is -0.133. The minimum Gasteiger partial charge on any atom is -0.481 e. The number of thioether (sulfide) groups is 1. The van der Waals surface area contributed by atoms with Crippen LogP contribution in [0.15, 0.2) is 18.2 Å². The standard InChI is InChI=1S/C13H17NO3S/c1-3-10-6-4-5-9(2)13(10)14-11(15)7-18-8-12(16)17/h4-6H,3,7-8H2,1-2H3,(H,14,15)(H,16,17). The lowest BCUT2D eigenvalue weighted by Gasteiger charge is -2.12. The van der Waals surface area contributed by atoms with Crippen molar-refractivity contribution in [2.45, 2.75) is 20.3 Å². The van der Waals surface area contributed by atoms with Crippen LogP contribution in [0, 0.1) is 6.92 Å². The summed E-state index contributed by atoms with van der Waals surface area (Å²) in [5.41, 5.74) is 2.96. The van der Waals surface area contributed by atoms with Gasteiger partial charge in [-0.15, -0.1) is 11.8 Å². The molecule has 0 fully saturated rings. The van der Waals surface area contributed by atoms with Crippen LogP contribution >= 0.6 is 11.8 Å². The molecule has 4 nitrogen and oxygen atoms in total. The van der Waals surface area contributed by atoms with Gasteiger partial charge in [0.15, 0.2) is 0 Å². The summed E-state index contributed by atoms with van der Waals surface area (Å²) in [7, 11) is 0. The lowest BCUT2D eigenvalue weighted by atomic mass is 10.1. The predicted molar refractivity (Wildman–Crippen MR) is 74.1 cm³/mol. The summed E-state index contributed by atoms with van der Waals surface area (Å²) in [4.78, 5) is 22.0. The molecule has 0 saturated heterocycles. The summed E-state index contributed by atoms with van der Waals surface area (Å²) in [6.45, 7) is 3.97. The average molecular weight is 267 g/mol. The number of carboxylic acids is 1. The molecule has 1 aromatic rings. The fourth-order valence-electron chi connectivity index (χ4n) is 1.61. The fourth-order valence-corrected chi connectivity index (χ4v) is 2.14. The minimum absolute atomic E-state index is 0.0537. The number of benzene rings is 1. The molecule has 98 valence electrons. The Kier molecular flexibility index (Phi) is 5.71. The van der Waals surface area contributed by atoms with E-state index in [0.717, 1.165) is 35.0 Å². The fraction of sp³-hybridized carbons (Fsp3) is 0.385. The highest BCUT2D eigenvalue weighted by molar-refractivity contribution is 8.00. The van der Waals surface area contributed by atoms with Crippen molar-refractivity contribution in [3.8, 4) is 0 Å². The van der Waals surface area contributed by atoms with Crippen LogP contribution in [-0.4, -0.2) is 28.5 Å². The summed E-state index contributed by atoms with van der Waals surface area (Å²) in [6, 6.07) is 5.88. The maximum absolute atomic E-state index is 11.7. The summed E-state index contributed by atoms with van der Waals surface area (Å²) < 4.78 is 0. The Labute approximate surface area is 111 Å². The second kappa shape index (κ2) is 7.06. The molecule has 0 aromatic heterocycles. The van der Waals surface area contributed by atoms with E-state index in [1.807, 2.05) is 32.0 Å². The van der Waals surface area contributed by atoms with Crippen LogP contribution in [0.4, 0.5) is 5.69 Å². The van der Waals surface area contributed by atoms with Crippen molar-refractivity contribution in [3.05, 3.63) is 29.3 Å². The largest absolute Gasteiger partial charge is 0.481 e. The predicted octanol–water partition coefficient (Wildman–Crippen LogP) is 2.31. The maximum atomic E-state index is 11.7. The quantitative estimate of drug-likeness (QED) is 0.830. The molecule has 18 heavy (non-hydrogen) atoms. The minimum atomic E-state index is -0.905. The Bertz CT molecular complexity index is 446. The Morgan fingerprint density at radius 1 is 1.33 bits per heavy atom. The van der Waals surface area contributed by atoms with E-state index in [9.17, 15) is 9.59 Å². The Hall–Kier alpha value is -1.49. The van der Waals surface area contributed by atoms with Crippen molar-refractivity contribution >= 4 is 29.3 Å². The Morgan fingerprint density at radius 2 is 2.06 bits per heavy atom. The molecule has 0 spiro atoms. The van der Waals surface area contributed by atoms with Crippen molar-refractivity contribution < 1.29 is 14.7 Å². The number of para-hydroxylation sites is 1. The molecule has 0 bridgehead atoms. The van der Waals surface area contributed by atoms with Gasteiger partial charge in [0.1, 0.15) is 0 Å². The third-order valence-corrected chi connectivity index (χ3v) is 3.38. The second-order valence-electron chi connectivity index (χ2n) is 3.90. The van der Waals surface area contributed by atoms with Gasteiger partial charge in [-0.25, -0.2) is 0 Å². The first kappa shape index (κ1) is 14.6. The maximum Gasteiger partial charge on any atom is 0.313 e. The van der Waals surface area contributed by atoms with Gasteiger partial charge >= 0.3 is 5.97 Å². The summed E-state index contributed by atoms with van der Waals surface area (Å²) in [6.07, 6.45) is 0.847. The topological polar surface area (TPSA) is 66.4 Å². The number of aryl methyl sites for hydroxylation is 2. The third-order valence-electron chi connectivity index (χ3n) is 2.46. The Morgan fingerprint density at radius 3 is 2.67 bits per heavy atom. The number of hydrogen-bond donors (Lipinski definition) is 2. The summed E-state index contributed by atoms with van der Waals surface area (Å²) >= 11 is 1.10. The smallest absolute Gasteiger partial charge is 0.313 e. The molecule has 1 rings (SSSR count). The number of hydrogen-bond acceptors (Lipinski definition) is 3. The van der Waals surface area contributed by atoms with E-state index in [1.54, 1.807) is 0 Å². The lowest BCUT2D eigenvalue weighted by Crippen LogP contribution is -2.17. The Balaban J connectivity index is 2.61. The van der Waals surface area contributed by atoms with Gasteiger partial charge in [0, 0.05) is 5.69 Å². The molecule has 0 heterocycles. The normalized spacial score (nSPS) is 10.1. The van der Waals surface area contributed by atoms with Gasteiger partial charge in [-0.1, -0.05) is 25.1 Å². The van der Waals surface area contributed by atoms with E-state index in [2.05, 4.69) is 5.32 Å². The molecule has 2 N–H and O–H groups in total. The summed E-state index contributed by atoms with van der Waals surface area (Å²) in [5.74, 6) is -0.964. The number of carbonyl (C=O) groups excluding carboxylic acids is 1. The second-order valence-corrected chi connectivity index (χ2v) is 4.88. The monoisotopic (exact) mass is 267 g/mol. The first-order valence-electron chi connectivity index (χ1n) is 5.72. The van der Waals surface area contributed by atoms with Gasteiger partial charge in [0.25, 0.3) is 0 Å². The van der Waals surface area contributed by atoms with Crippen LogP contribution in [0.5, 0.6) is 0 Å². The first-order chi connectivity index (χ1) is 8.54. The third kappa shape index (κ3) is 4.41. The number of rotatable bonds is 6. The van der Waals surface area contributed by atoms with Gasteiger partial charge in [0.05, 0.1) is 11.5 Å². The number of amides is 1. The zero-order valence-electron chi connectivity index (χ0n) is 10.5. The number of nitrogens with one attached hydrogen (secondary N) is 1. The zero-order valence-corrected chi connectivity index (χ0v) is 11.3.